The number of rotatable bonds is 2. The summed E-state index contributed by atoms with van der Waals surface area (Å²) in [4.78, 5) is 28.9. The van der Waals surface area contributed by atoms with Gasteiger partial charge in [-0.15, -0.1) is 11.3 Å². The zero-order chi connectivity index (χ0) is 19.0. The number of thiophene rings is 1. The summed E-state index contributed by atoms with van der Waals surface area (Å²) < 4.78 is 28.4. The molecule has 0 spiro atoms. The van der Waals surface area contributed by atoms with Crippen LogP contribution in [-0.2, 0) is 0 Å². The van der Waals surface area contributed by atoms with Gasteiger partial charge in [-0.3, -0.25) is 9.59 Å². The summed E-state index contributed by atoms with van der Waals surface area (Å²) in [5.41, 5.74) is 0.0391. The smallest absolute Gasteiger partial charge is 0.264 e. The molecule has 7 heteroatoms. The Bertz CT molecular complexity index is 1030. The molecule has 1 aliphatic rings. The van der Waals surface area contributed by atoms with E-state index in [1.54, 1.807) is 34.1 Å². The fourth-order valence-corrected chi connectivity index (χ4v) is 4.25. The lowest BCUT2D eigenvalue weighted by molar-refractivity contribution is 0.0535. The molecule has 27 heavy (non-hydrogen) atoms. The molecule has 4 rings (SSSR count). The molecule has 0 bridgehead atoms. The summed E-state index contributed by atoms with van der Waals surface area (Å²) in [6.07, 6.45) is 0. The van der Waals surface area contributed by atoms with Crippen molar-refractivity contribution in [2.75, 3.05) is 26.2 Å². The molecule has 2 aromatic carbocycles. The first kappa shape index (κ1) is 17.6. The number of carbonyl (C=O) groups is 2. The van der Waals surface area contributed by atoms with Gasteiger partial charge in [-0.2, -0.15) is 0 Å². The molecule has 0 radical (unpaired) electrons. The first-order valence-electron chi connectivity index (χ1n) is 8.56. The third kappa shape index (κ3) is 3.30. The van der Waals surface area contributed by atoms with Crippen LogP contribution in [-0.4, -0.2) is 47.8 Å². The third-order valence-electron chi connectivity index (χ3n) is 4.68. The molecule has 1 fully saturated rings. The number of halogens is 2. The summed E-state index contributed by atoms with van der Waals surface area (Å²) in [6.45, 7) is 1.38. The predicted molar refractivity (Wildman–Crippen MR) is 100.0 cm³/mol. The Kier molecular flexibility index (Phi) is 4.61. The van der Waals surface area contributed by atoms with Gasteiger partial charge in [0.05, 0.1) is 10.4 Å². The van der Waals surface area contributed by atoms with E-state index in [0.29, 0.717) is 36.4 Å². The topological polar surface area (TPSA) is 40.6 Å². The molecule has 4 nitrogen and oxygen atoms in total. The van der Waals surface area contributed by atoms with E-state index in [4.69, 9.17) is 0 Å². The van der Waals surface area contributed by atoms with Crippen LogP contribution in [0, 0.1) is 11.6 Å². The van der Waals surface area contributed by atoms with Crippen molar-refractivity contribution in [1.82, 2.24) is 9.80 Å². The second-order valence-corrected chi connectivity index (χ2v) is 7.41. The highest BCUT2D eigenvalue weighted by Gasteiger charge is 2.27. The van der Waals surface area contributed by atoms with E-state index in [1.165, 1.54) is 35.6 Å². The Hall–Kier alpha value is -2.80. The molecule has 0 unspecified atom stereocenters. The predicted octanol–water partition coefficient (Wildman–Crippen LogP) is 3.78. The molecular weight excluding hydrogens is 370 g/mol. The van der Waals surface area contributed by atoms with Crippen molar-refractivity contribution < 1.29 is 18.4 Å². The lowest BCUT2D eigenvalue weighted by Gasteiger charge is -2.34. The van der Waals surface area contributed by atoms with Crippen LogP contribution in [0.25, 0.3) is 10.1 Å². The van der Waals surface area contributed by atoms with Crippen molar-refractivity contribution in [3.05, 3.63) is 70.6 Å². The Balaban J connectivity index is 1.45. The van der Waals surface area contributed by atoms with Crippen LogP contribution in [0.5, 0.6) is 0 Å². The maximum Gasteiger partial charge on any atom is 0.264 e. The highest BCUT2D eigenvalue weighted by molar-refractivity contribution is 7.20. The second-order valence-electron chi connectivity index (χ2n) is 6.33. The molecule has 1 aliphatic heterocycles. The SMILES string of the molecule is O=C(c1cc2c(F)cccc2s1)N1CCN(C(=O)c2ccccc2F)CC1. The highest BCUT2D eigenvalue weighted by atomic mass is 32.1. The van der Waals surface area contributed by atoms with Gasteiger partial charge in [-0.1, -0.05) is 18.2 Å². The molecule has 1 aromatic heterocycles. The fourth-order valence-electron chi connectivity index (χ4n) is 3.20. The quantitative estimate of drug-likeness (QED) is 0.673. The van der Waals surface area contributed by atoms with E-state index in [-0.39, 0.29) is 23.2 Å². The summed E-state index contributed by atoms with van der Waals surface area (Å²) in [5.74, 6) is -1.44. The fraction of sp³-hybridized carbons (Fsp3) is 0.200. The van der Waals surface area contributed by atoms with Crippen LogP contribution < -0.4 is 0 Å². The van der Waals surface area contributed by atoms with Crippen LogP contribution in [0.2, 0.25) is 0 Å². The van der Waals surface area contributed by atoms with Crippen molar-refractivity contribution in [3.63, 3.8) is 0 Å². The van der Waals surface area contributed by atoms with Gasteiger partial charge in [-0.25, -0.2) is 8.78 Å². The van der Waals surface area contributed by atoms with Crippen molar-refractivity contribution in [3.8, 4) is 0 Å². The number of fused-ring (bicyclic) bond motifs is 1. The Morgan fingerprint density at radius 1 is 0.815 bits per heavy atom. The first-order valence-corrected chi connectivity index (χ1v) is 9.37. The molecule has 0 atom stereocenters. The van der Waals surface area contributed by atoms with E-state index in [1.807, 2.05) is 0 Å². The zero-order valence-electron chi connectivity index (χ0n) is 14.3. The Labute approximate surface area is 158 Å². The maximum absolute atomic E-state index is 13.8. The number of hydrogen-bond acceptors (Lipinski definition) is 3. The van der Waals surface area contributed by atoms with Crippen LogP contribution in [0.3, 0.4) is 0 Å². The molecule has 0 aliphatic carbocycles. The number of piperazine rings is 1. The van der Waals surface area contributed by atoms with Crippen LogP contribution in [0.15, 0.2) is 48.5 Å². The van der Waals surface area contributed by atoms with Crippen molar-refractivity contribution >= 4 is 33.2 Å². The van der Waals surface area contributed by atoms with Gasteiger partial charge in [-0.05, 0) is 30.3 Å². The molecule has 2 amide bonds. The largest absolute Gasteiger partial charge is 0.335 e. The summed E-state index contributed by atoms with van der Waals surface area (Å²) in [6, 6.07) is 12.2. The Morgan fingerprint density at radius 3 is 2.11 bits per heavy atom. The third-order valence-corrected chi connectivity index (χ3v) is 5.77. The standard InChI is InChI=1S/C20H16F2N2O2S/c21-15-5-2-1-4-13(15)19(25)23-8-10-24(11-9-23)20(26)18-12-14-16(22)6-3-7-17(14)27-18/h1-7,12H,8-11H2. The second kappa shape index (κ2) is 7.08. The van der Waals surface area contributed by atoms with Crippen LogP contribution in [0.1, 0.15) is 20.0 Å². The lowest BCUT2D eigenvalue weighted by atomic mass is 10.1. The van der Waals surface area contributed by atoms with Gasteiger partial charge >= 0.3 is 0 Å². The number of hydrogen-bond donors (Lipinski definition) is 0. The van der Waals surface area contributed by atoms with Gasteiger partial charge < -0.3 is 9.80 Å². The lowest BCUT2D eigenvalue weighted by Crippen LogP contribution is -2.50. The zero-order valence-corrected chi connectivity index (χ0v) is 15.1. The van der Waals surface area contributed by atoms with Gasteiger partial charge in [0, 0.05) is 36.3 Å². The number of benzene rings is 2. The van der Waals surface area contributed by atoms with E-state index >= 15 is 0 Å². The van der Waals surface area contributed by atoms with E-state index in [0.717, 1.165) is 4.70 Å². The van der Waals surface area contributed by atoms with E-state index in [9.17, 15) is 18.4 Å². The van der Waals surface area contributed by atoms with Crippen molar-refractivity contribution in [2.24, 2.45) is 0 Å². The normalized spacial score (nSPS) is 14.6. The minimum atomic E-state index is -0.548. The average Bonchev–Trinajstić information content (AvgIpc) is 3.13. The van der Waals surface area contributed by atoms with Crippen LogP contribution in [0.4, 0.5) is 8.78 Å². The van der Waals surface area contributed by atoms with Crippen LogP contribution >= 0.6 is 11.3 Å². The first-order chi connectivity index (χ1) is 13.0. The Morgan fingerprint density at radius 2 is 1.44 bits per heavy atom. The average molecular weight is 386 g/mol. The molecule has 1 saturated heterocycles. The minimum absolute atomic E-state index is 0.0391. The monoisotopic (exact) mass is 386 g/mol. The number of carbonyl (C=O) groups excluding carboxylic acids is 2. The van der Waals surface area contributed by atoms with Crippen molar-refractivity contribution in [2.45, 2.75) is 0 Å². The van der Waals surface area contributed by atoms with E-state index < -0.39 is 5.82 Å². The van der Waals surface area contributed by atoms with Gasteiger partial charge in [0.25, 0.3) is 11.8 Å². The van der Waals surface area contributed by atoms with Gasteiger partial charge in [0.1, 0.15) is 11.6 Å². The molecular formula is C20H16F2N2O2S. The number of amides is 2. The van der Waals surface area contributed by atoms with E-state index in [2.05, 4.69) is 0 Å². The molecule has 138 valence electrons. The van der Waals surface area contributed by atoms with Gasteiger partial charge in [0.2, 0.25) is 0 Å². The molecule has 0 saturated carbocycles. The minimum Gasteiger partial charge on any atom is -0.335 e. The molecule has 0 N–H and O–H groups in total. The maximum atomic E-state index is 13.8. The summed E-state index contributed by atoms with van der Waals surface area (Å²) in [7, 11) is 0. The molecule has 3 aromatic rings. The summed E-state index contributed by atoms with van der Waals surface area (Å²) in [5, 5.41) is 0.444. The summed E-state index contributed by atoms with van der Waals surface area (Å²) >= 11 is 1.26. The highest BCUT2D eigenvalue weighted by Crippen LogP contribution is 2.28. The van der Waals surface area contributed by atoms with Crippen molar-refractivity contribution in [1.29, 1.82) is 0 Å². The molecule has 2 heterocycles. The number of nitrogens with zero attached hydrogens (tertiary/aromatic N) is 2. The van der Waals surface area contributed by atoms with Gasteiger partial charge in [0.15, 0.2) is 0 Å².